The summed E-state index contributed by atoms with van der Waals surface area (Å²) >= 11 is 7.24. The third kappa shape index (κ3) is 2.66. The molecule has 2 aliphatic carbocycles. The zero-order chi connectivity index (χ0) is 14.2. The minimum Gasteiger partial charge on any atom is -0.489 e. The van der Waals surface area contributed by atoms with Crippen LogP contribution in [-0.2, 0) is 0 Å². The van der Waals surface area contributed by atoms with Gasteiger partial charge in [-0.25, -0.2) is 4.39 Å². The van der Waals surface area contributed by atoms with Crippen LogP contribution in [0.4, 0.5) is 4.39 Å². The molecule has 1 spiro atoms. The molecule has 0 N–H and O–H groups in total. The molecule has 2 aliphatic rings. The van der Waals surface area contributed by atoms with Gasteiger partial charge >= 0.3 is 0 Å². The molecular weight excluding hydrogens is 387 g/mol. The van der Waals surface area contributed by atoms with Crippen LogP contribution in [0.5, 0.6) is 5.75 Å². The minimum atomic E-state index is -0.236. The van der Waals surface area contributed by atoms with E-state index in [1.54, 1.807) is 6.07 Å². The SMILES string of the molecule is Fc1ccc(OC2CC(Br)C23CCCCCC3)c(Br)c1. The van der Waals surface area contributed by atoms with E-state index in [1.807, 2.05) is 0 Å². The molecule has 110 valence electrons. The Kier molecular flexibility index (Phi) is 4.42. The molecule has 2 fully saturated rings. The molecule has 20 heavy (non-hydrogen) atoms. The van der Waals surface area contributed by atoms with Gasteiger partial charge in [-0.05, 0) is 53.4 Å². The largest absolute Gasteiger partial charge is 0.489 e. The average molecular weight is 406 g/mol. The Balaban J connectivity index is 1.76. The van der Waals surface area contributed by atoms with Crippen molar-refractivity contribution in [1.29, 1.82) is 0 Å². The Hall–Kier alpha value is -0.0900. The van der Waals surface area contributed by atoms with Crippen molar-refractivity contribution >= 4 is 31.9 Å². The Morgan fingerprint density at radius 3 is 2.45 bits per heavy atom. The summed E-state index contributed by atoms with van der Waals surface area (Å²) in [5.41, 5.74) is 0.282. The molecule has 1 aromatic rings. The fourth-order valence-corrected chi connectivity index (χ4v) is 5.15. The quantitative estimate of drug-likeness (QED) is 0.561. The maximum absolute atomic E-state index is 13.2. The fraction of sp³-hybridized carbons (Fsp3) is 0.625. The van der Waals surface area contributed by atoms with Gasteiger partial charge in [-0.3, -0.25) is 0 Å². The van der Waals surface area contributed by atoms with Crippen molar-refractivity contribution in [3.05, 3.63) is 28.5 Å². The second-order valence-electron chi connectivity index (χ2n) is 6.03. The van der Waals surface area contributed by atoms with Crippen LogP contribution in [0.15, 0.2) is 22.7 Å². The Bertz CT molecular complexity index is 483. The molecule has 0 aromatic heterocycles. The lowest BCUT2D eigenvalue weighted by Gasteiger charge is -2.53. The van der Waals surface area contributed by atoms with E-state index in [2.05, 4.69) is 31.9 Å². The third-order valence-electron chi connectivity index (χ3n) is 4.88. The molecule has 1 nitrogen and oxygen atoms in total. The van der Waals surface area contributed by atoms with Gasteiger partial charge in [0.05, 0.1) is 4.47 Å². The maximum atomic E-state index is 13.2. The summed E-state index contributed by atoms with van der Waals surface area (Å²) in [5, 5.41) is 0. The smallest absolute Gasteiger partial charge is 0.134 e. The van der Waals surface area contributed by atoms with Gasteiger partial charge in [0.15, 0.2) is 0 Å². The molecule has 4 heteroatoms. The topological polar surface area (TPSA) is 9.23 Å². The van der Waals surface area contributed by atoms with E-state index in [0.29, 0.717) is 9.30 Å². The van der Waals surface area contributed by atoms with Gasteiger partial charge < -0.3 is 4.74 Å². The first kappa shape index (κ1) is 14.8. The number of ether oxygens (including phenoxy) is 1. The van der Waals surface area contributed by atoms with Crippen LogP contribution < -0.4 is 4.74 Å². The number of halogens is 3. The predicted octanol–water partition coefficient (Wildman–Crippen LogP) is 5.84. The number of rotatable bonds is 2. The van der Waals surface area contributed by atoms with Crippen LogP contribution >= 0.6 is 31.9 Å². The second kappa shape index (κ2) is 5.96. The van der Waals surface area contributed by atoms with Gasteiger partial charge in [0.1, 0.15) is 17.7 Å². The average Bonchev–Trinajstić information content (AvgIpc) is 2.69. The molecule has 2 unspecified atom stereocenters. The Labute approximate surface area is 136 Å². The van der Waals surface area contributed by atoms with Crippen molar-refractivity contribution in [2.45, 2.75) is 55.9 Å². The highest BCUT2D eigenvalue weighted by Crippen LogP contribution is 2.56. The van der Waals surface area contributed by atoms with Crippen LogP contribution in [0.2, 0.25) is 0 Å². The summed E-state index contributed by atoms with van der Waals surface area (Å²) in [6, 6.07) is 4.66. The first-order valence-electron chi connectivity index (χ1n) is 7.37. The number of hydrogen-bond acceptors (Lipinski definition) is 1. The zero-order valence-electron chi connectivity index (χ0n) is 11.4. The van der Waals surface area contributed by atoms with Crippen LogP contribution in [0.3, 0.4) is 0 Å². The van der Waals surface area contributed by atoms with E-state index in [0.717, 1.165) is 12.2 Å². The summed E-state index contributed by atoms with van der Waals surface area (Å²) in [6.07, 6.45) is 9.07. The lowest BCUT2D eigenvalue weighted by atomic mass is 9.61. The van der Waals surface area contributed by atoms with Crippen molar-refractivity contribution in [3.63, 3.8) is 0 Å². The lowest BCUT2D eigenvalue weighted by molar-refractivity contribution is -0.0466. The van der Waals surface area contributed by atoms with Crippen molar-refractivity contribution in [2.24, 2.45) is 5.41 Å². The highest BCUT2D eigenvalue weighted by Gasteiger charge is 2.55. The summed E-state index contributed by atoms with van der Waals surface area (Å²) in [5.74, 6) is 0.528. The summed E-state index contributed by atoms with van der Waals surface area (Å²) in [6.45, 7) is 0. The number of benzene rings is 1. The maximum Gasteiger partial charge on any atom is 0.134 e. The van der Waals surface area contributed by atoms with Gasteiger partial charge in [-0.2, -0.15) is 0 Å². The number of alkyl halides is 1. The molecular formula is C16H19Br2FO. The van der Waals surface area contributed by atoms with Crippen LogP contribution in [0, 0.1) is 11.2 Å². The minimum absolute atomic E-state index is 0.236. The first-order valence-corrected chi connectivity index (χ1v) is 9.08. The lowest BCUT2D eigenvalue weighted by Crippen LogP contribution is -2.56. The van der Waals surface area contributed by atoms with Crippen LogP contribution in [-0.4, -0.2) is 10.9 Å². The molecule has 3 rings (SSSR count). The second-order valence-corrected chi connectivity index (χ2v) is 7.99. The van der Waals surface area contributed by atoms with E-state index in [9.17, 15) is 4.39 Å². The molecule has 1 aromatic carbocycles. The summed E-state index contributed by atoms with van der Waals surface area (Å²) in [4.78, 5) is 0.567. The van der Waals surface area contributed by atoms with Crippen molar-refractivity contribution in [1.82, 2.24) is 0 Å². The van der Waals surface area contributed by atoms with E-state index >= 15 is 0 Å². The summed E-state index contributed by atoms with van der Waals surface area (Å²) < 4.78 is 20.1. The Morgan fingerprint density at radius 2 is 1.85 bits per heavy atom. The van der Waals surface area contributed by atoms with E-state index in [1.165, 1.54) is 50.7 Å². The molecule has 0 heterocycles. The van der Waals surface area contributed by atoms with Gasteiger partial charge in [-0.1, -0.05) is 41.6 Å². The highest BCUT2D eigenvalue weighted by molar-refractivity contribution is 9.10. The normalized spacial score (nSPS) is 28.8. The van der Waals surface area contributed by atoms with Crippen molar-refractivity contribution < 1.29 is 9.13 Å². The zero-order valence-corrected chi connectivity index (χ0v) is 14.6. The van der Waals surface area contributed by atoms with E-state index in [-0.39, 0.29) is 17.3 Å². The predicted molar refractivity (Wildman–Crippen MR) is 86.0 cm³/mol. The monoisotopic (exact) mass is 404 g/mol. The van der Waals surface area contributed by atoms with Gasteiger partial charge in [0.25, 0.3) is 0 Å². The van der Waals surface area contributed by atoms with Gasteiger partial charge in [-0.15, -0.1) is 0 Å². The molecule has 2 atom stereocenters. The van der Waals surface area contributed by atoms with Crippen molar-refractivity contribution in [2.75, 3.05) is 0 Å². The van der Waals surface area contributed by atoms with Crippen molar-refractivity contribution in [3.8, 4) is 5.75 Å². The molecule has 0 aliphatic heterocycles. The molecule has 0 bridgehead atoms. The highest BCUT2D eigenvalue weighted by atomic mass is 79.9. The summed E-state index contributed by atoms with van der Waals surface area (Å²) in [7, 11) is 0. The number of hydrogen-bond donors (Lipinski definition) is 0. The first-order chi connectivity index (χ1) is 9.62. The van der Waals surface area contributed by atoms with Crippen LogP contribution in [0.25, 0.3) is 0 Å². The molecule has 0 saturated heterocycles. The fourth-order valence-electron chi connectivity index (χ4n) is 3.61. The molecule has 2 saturated carbocycles. The van der Waals surface area contributed by atoms with Gasteiger partial charge in [0.2, 0.25) is 0 Å². The van der Waals surface area contributed by atoms with Crippen LogP contribution in [0.1, 0.15) is 44.9 Å². The van der Waals surface area contributed by atoms with E-state index in [4.69, 9.17) is 4.74 Å². The Morgan fingerprint density at radius 1 is 1.15 bits per heavy atom. The molecule has 0 amide bonds. The van der Waals surface area contributed by atoms with E-state index < -0.39 is 0 Å². The molecule has 0 radical (unpaired) electrons. The van der Waals surface area contributed by atoms with Gasteiger partial charge in [0, 0.05) is 10.2 Å². The standard InChI is InChI=1S/C16H19Br2FO/c17-12-9-11(19)5-6-13(12)20-15-10-14(18)16(15)7-3-1-2-4-8-16/h5-6,9,14-15H,1-4,7-8,10H2. The third-order valence-corrected chi connectivity index (χ3v) is 6.79.